The molecule has 9 N–H and O–H groups in total. The molecule has 8 amide bonds. The van der Waals surface area contributed by atoms with Crippen molar-refractivity contribution >= 4 is 70.9 Å². The van der Waals surface area contributed by atoms with Gasteiger partial charge in [-0.2, -0.15) is 0 Å². The van der Waals surface area contributed by atoms with Gasteiger partial charge in [-0.25, -0.2) is 9.78 Å². The van der Waals surface area contributed by atoms with Gasteiger partial charge in [0.15, 0.2) is 6.10 Å². The predicted molar refractivity (Wildman–Crippen MR) is 272 cm³/mol. The summed E-state index contributed by atoms with van der Waals surface area (Å²) in [5.74, 6) is -5.20. The molecule has 0 spiro atoms. The van der Waals surface area contributed by atoms with Crippen molar-refractivity contribution in [3.05, 3.63) is 45.9 Å². The average molecular weight is 1030 g/mol. The van der Waals surface area contributed by atoms with Crippen LogP contribution in [0.25, 0.3) is 0 Å². The van der Waals surface area contributed by atoms with Crippen LogP contribution in [0.15, 0.2) is 29.6 Å². The zero-order valence-corrected chi connectivity index (χ0v) is 44.3. The van der Waals surface area contributed by atoms with Crippen LogP contribution < -0.4 is 37.6 Å². The number of nitrogens with zero attached hydrogens (tertiary/aromatic N) is 3. The molecule has 1 saturated heterocycles. The largest absolute Gasteiger partial charge is 0.481 e. The van der Waals surface area contributed by atoms with Crippen LogP contribution in [-0.2, 0) is 44.7 Å². The van der Waals surface area contributed by atoms with Gasteiger partial charge < -0.3 is 52.4 Å². The summed E-state index contributed by atoms with van der Waals surface area (Å²) in [5.41, 5.74) is 6.26. The number of carbonyl (C=O) groups is 9. The molecule has 0 saturated carbocycles. The number of aromatic nitrogens is 1. The molecule has 2 heterocycles. The van der Waals surface area contributed by atoms with Crippen molar-refractivity contribution in [1.29, 1.82) is 0 Å². The number of likely N-dealkylation sites (N-methyl/N-ethyl adjacent to an activating group) is 2. The van der Waals surface area contributed by atoms with Gasteiger partial charge in [-0.05, 0) is 87.6 Å². The maximum absolute atomic E-state index is 14.3. The van der Waals surface area contributed by atoms with E-state index in [0.29, 0.717) is 41.9 Å². The summed E-state index contributed by atoms with van der Waals surface area (Å²) in [4.78, 5) is 124. The second-order valence-electron chi connectivity index (χ2n) is 19.6. The lowest BCUT2D eigenvalue weighted by atomic mass is 9.92. The zero-order valence-electron chi connectivity index (χ0n) is 43.5. The number of carboxylic acid groups (broad SMARTS) is 1. The van der Waals surface area contributed by atoms with E-state index in [4.69, 9.17) is 10.5 Å². The zero-order chi connectivity index (χ0) is 53.8. The normalized spacial score (nSPS) is 17.1. The van der Waals surface area contributed by atoms with Gasteiger partial charge in [0.25, 0.3) is 5.91 Å². The van der Waals surface area contributed by atoms with Crippen molar-refractivity contribution in [2.24, 2.45) is 29.4 Å². The number of nitrogens with one attached hydrogen (secondary N) is 6. The van der Waals surface area contributed by atoms with Gasteiger partial charge in [-0.15, -0.1) is 11.3 Å². The van der Waals surface area contributed by atoms with E-state index in [9.17, 15) is 48.3 Å². The number of urea groups is 1. The van der Waals surface area contributed by atoms with Crippen LogP contribution in [0.4, 0.5) is 10.5 Å². The summed E-state index contributed by atoms with van der Waals surface area (Å²) >= 11 is 1.11. The molecule has 9 atom stereocenters. The highest BCUT2D eigenvalue weighted by Crippen LogP contribution is 2.31. The first-order valence-corrected chi connectivity index (χ1v) is 25.7. The highest BCUT2D eigenvalue weighted by atomic mass is 32.1. The van der Waals surface area contributed by atoms with Crippen LogP contribution in [0.2, 0.25) is 0 Å². The second-order valence-corrected chi connectivity index (χ2v) is 20.5. The Morgan fingerprint density at radius 1 is 0.944 bits per heavy atom. The SMILES string of the molecule is CC[C@H](C)[C@H](NC(=O)[C@H]1CCCCN1C)C(=O)N(C)[C@H](C[C@@H](OC(C)=O)c1nc(C(=O)N[C@@H](Cc2ccc(NC(=O)[C@H](CCCNC(N)=O)NC(=O)[C@@H](NC=O)C(C)C)cc2)CC(C)C(=O)O)cs1)C(C)C. The number of carboxylic acids is 1. The number of rotatable bonds is 29. The molecule has 0 aliphatic carbocycles. The summed E-state index contributed by atoms with van der Waals surface area (Å²) in [5, 5.41) is 28.1. The minimum atomic E-state index is -1.06. The molecule has 3 rings (SSSR count). The molecule has 1 fully saturated rings. The van der Waals surface area contributed by atoms with Crippen molar-refractivity contribution in [3.8, 4) is 0 Å². The van der Waals surface area contributed by atoms with Crippen molar-refractivity contribution in [2.45, 2.75) is 156 Å². The number of primary amides is 1. The molecule has 1 aromatic heterocycles. The Hall–Kier alpha value is -6.16. The van der Waals surface area contributed by atoms with E-state index in [1.54, 1.807) is 50.1 Å². The van der Waals surface area contributed by atoms with E-state index in [2.05, 4.69) is 36.9 Å². The van der Waals surface area contributed by atoms with Crippen LogP contribution in [0.1, 0.15) is 134 Å². The monoisotopic (exact) mass is 1030 g/mol. The predicted octanol–water partition coefficient (Wildman–Crippen LogP) is 3.73. The maximum atomic E-state index is 14.3. The number of thiazole rings is 1. The number of anilines is 1. The third-order valence-electron chi connectivity index (χ3n) is 13.2. The summed E-state index contributed by atoms with van der Waals surface area (Å²) in [7, 11) is 3.60. The average Bonchev–Trinajstić information content (AvgIpc) is 3.82. The Kier molecular flexibility index (Phi) is 24.5. The van der Waals surface area contributed by atoms with E-state index < -0.39 is 77.9 Å². The lowest BCUT2D eigenvalue weighted by Gasteiger charge is -2.38. The highest BCUT2D eigenvalue weighted by molar-refractivity contribution is 7.09. The number of hydrogen-bond acceptors (Lipinski definition) is 13. The smallest absolute Gasteiger partial charge is 0.312 e. The molecule has 1 aromatic carbocycles. The molecule has 1 unspecified atom stereocenters. The number of aliphatic carboxylic acids is 1. The fourth-order valence-electron chi connectivity index (χ4n) is 8.67. The van der Waals surface area contributed by atoms with Crippen molar-refractivity contribution < 1.29 is 53.0 Å². The third-order valence-corrected chi connectivity index (χ3v) is 14.1. The van der Waals surface area contributed by atoms with Gasteiger partial charge in [-0.3, -0.25) is 43.3 Å². The van der Waals surface area contributed by atoms with Crippen LogP contribution in [0.3, 0.4) is 0 Å². The Morgan fingerprint density at radius 2 is 1.62 bits per heavy atom. The number of amides is 8. The molecule has 0 bridgehead atoms. The first-order valence-electron chi connectivity index (χ1n) is 24.8. The van der Waals surface area contributed by atoms with Gasteiger partial charge >= 0.3 is 18.0 Å². The van der Waals surface area contributed by atoms with Crippen LogP contribution >= 0.6 is 11.3 Å². The minimum Gasteiger partial charge on any atom is -0.481 e. The second kappa shape index (κ2) is 29.4. The summed E-state index contributed by atoms with van der Waals surface area (Å²) in [6, 6.07) is 1.72. The highest BCUT2D eigenvalue weighted by Gasteiger charge is 2.38. The number of hydrogen-bond donors (Lipinski definition) is 8. The number of carbonyl (C=O) groups excluding carboxylic acids is 8. The number of piperidine rings is 1. The quantitative estimate of drug-likeness (QED) is 0.0328. The molecule has 1 aliphatic rings. The van der Waals surface area contributed by atoms with E-state index in [-0.39, 0.29) is 73.5 Å². The fraction of sp³-hybridized carbons (Fsp3) is 0.640. The number of benzene rings is 1. The van der Waals surface area contributed by atoms with Gasteiger partial charge in [0, 0.05) is 50.1 Å². The van der Waals surface area contributed by atoms with Crippen molar-refractivity contribution in [2.75, 3.05) is 32.5 Å². The van der Waals surface area contributed by atoms with Crippen LogP contribution in [0.5, 0.6) is 0 Å². The summed E-state index contributed by atoms with van der Waals surface area (Å²) in [6.07, 6.45) is 3.60. The van der Waals surface area contributed by atoms with E-state index in [1.165, 1.54) is 19.2 Å². The topological polar surface area (TPSA) is 301 Å². The summed E-state index contributed by atoms with van der Waals surface area (Å²) in [6.45, 7) is 15.0. The lowest BCUT2D eigenvalue weighted by molar-refractivity contribution is -0.149. The van der Waals surface area contributed by atoms with Crippen LogP contribution in [0, 0.1) is 23.7 Å². The molecular formula is C50H78N10O11S. The maximum Gasteiger partial charge on any atom is 0.312 e. The Balaban J connectivity index is 1.80. The van der Waals surface area contributed by atoms with Gasteiger partial charge in [0.2, 0.25) is 30.0 Å². The molecule has 21 nitrogen and oxygen atoms in total. The third kappa shape index (κ3) is 18.8. The first kappa shape index (κ1) is 60.1. The summed E-state index contributed by atoms with van der Waals surface area (Å²) < 4.78 is 5.81. The molecular weight excluding hydrogens is 949 g/mol. The Morgan fingerprint density at radius 3 is 2.19 bits per heavy atom. The van der Waals surface area contributed by atoms with Crippen molar-refractivity contribution in [3.63, 3.8) is 0 Å². The number of nitrogens with two attached hydrogens (primary N) is 1. The number of likely N-dealkylation sites (tertiary alicyclic amines) is 1. The molecule has 2 aromatic rings. The fourth-order valence-corrected chi connectivity index (χ4v) is 9.51. The molecule has 400 valence electrons. The van der Waals surface area contributed by atoms with E-state index >= 15 is 0 Å². The van der Waals surface area contributed by atoms with Gasteiger partial charge in [0.05, 0.1) is 12.0 Å². The van der Waals surface area contributed by atoms with E-state index in [0.717, 1.165) is 30.7 Å². The number of esters is 1. The lowest BCUT2D eigenvalue weighted by Crippen LogP contribution is -2.58. The molecule has 22 heteroatoms. The van der Waals surface area contributed by atoms with Gasteiger partial charge in [0.1, 0.15) is 28.8 Å². The Bertz CT molecular complexity index is 2150. The minimum absolute atomic E-state index is 0.0182. The molecule has 0 radical (unpaired) electrons. The molecule has 72 heavy (non-hydrogen) atoms. The first-order chi connectivity index (χ1) is 34.0. The standard InChI is InChI=1S/C50H78N10O11S/c1-11-30(6)42(58-45(65)38-16-12-13-22-59(38)9)48(67)60(10)39(28(2)3)25-40(71-32(8)62)47-57-37(26-72-47)44(64)55-35(23-31(7)49(68)69)24-33-17-19-34(20-18-33)54-43(63)36(15-14-21-52-50(51)70)56-46(66)41(29(4)5)53-27-61/h17-20,26-31,35-36,38-42H,11-16,21-25H2,1-10H3,(H,53,61)(H,54,63)(H,55,64)(H,56,66)(H,58,65)(H,68,69)(H3,51,52,70)/t30-,31?,35+,36-,38+,39+,40+,41-,42-/m0/s1. The Labute approximate surface area is 427 Å². The molecule has 1 aliphatic heterocycles. The van der Waals surface area contributed by atoms with Crippen LogP contribution in [-0.4, -0.2) is 137 Å². The van der Waals surface area contributed by atoms with E-state index in [1.807, 2.05) is 39.6 Å². The number of ether oxygens (including phenoxy) is 1. The van der Waals surface area contributed by atoms with Crippen molar-refractivity contribution in [1.82, 2.24) is 41.4 Å². The van der Waals surface area contributed by atoms with Gasteiger partial charge in [-0.1, -0.05) is 73.4 Å².